The summed E-state index contributed by atoms with van der Waals surface area (Å²) < 4.78 is 46.5. The predicted octanol–water partition coefficient (Wildman–Crippen LogP) is 4.26. The molecule has 1 aliphatic heterocycles. The first-order valence-corrected chi connectivity index (χ1v) is 9.06. The van der Waals surface area contributed by atoms with Crippen molar-refractivity contribution >= 4 is 11.6 Å². The third-order valence-corrected chi connectivity index (χ3v) is 5.48. The average molecular weight is 400 g/mol. The van der Waals surface area contributed by atoms with Gasteiger partial charge >= 0.3 is 5.92 Å². The smallest absolute Gasteiger partial charge is 0.316 e. The first-order valence-electron chi connectivity index (χ1n) is 9.06. The van der Waals surface area contributed by atoms with E-state index in [1.165, 1.54) is 30.1 Å². The monoisotopic (exact) mass is 400 g/mol. The molecule has 2 aromatic carbocycles. The fourth-order valence-electron chi connectivity index (χ4n) is 3.62. The van der Waals surface area contributed by atoms with Gasteiger partial charge < -0.3 is 9.47 Å². The summed E-state index contributed by atoms with van der Waals surface area (Å²) >= 11 is 0. The van der Waals surface area contributed by atoms with Crippen molar-refractivity contribution in [2.24, 2.45) is 7.05 Å². The van der Waals surface area contributed by atoms with Crippen LogP contribution < -0.4 is 4.90 Å². The molecule has 29 heavy (non-hydrogen) atoms. The van der Waals surface area contributed by atoms with Gasteiger partial charge in [0, 0.05) is 18.3 Å². The Morgan fingerprint density at radius 3 is 2.48 bits per heavy atom. The first kappa shape index (κ1) is 19.2. The number of hydrogen-bond acceptors (Lipinski definition) is 3. The maximum Gasteiger partial charge on any atom is 0.343 e. The fourth-order valence-corrected chi connectivity index (χ4v) is 3.62. The van der Waals surface area contributed by atoms with E-state index in [4.69, 9.17) is 0 Å². The molecule has 0 saturated carbocycles. The van der Waals surface area contributed by atoms with Gasteiger partial charge in [-0.2, -0.15) is 8.78 Å². The fraction of sp³-hybridized carbons (Fsp3) is 0.286. The number of rotatable bonds is 4. The van der Waals surface area contributed by atoms with Crippen LogP contribution >= 0.6 is 0 Å². The normalized spacial score (nSPS) is 16.1. The lowest BCUT2D eigenvalue weighted by atomic mass is 9.90. The van der Waals surface area contributed by atoms with Crippen LogP contribution in [0.25, 0.3) is 0 Å². The summed E-state index contributed by atoms with van der Waals surface area (Å²) in [6.45, 7) is 3.03. The van der Waals surface area contributed by atoms with E-state index in [2.05, 4.69) is 10.2 Å². The van der Waals surface area contributed by atoms with Gasteiger partial charge in [-0.15, -0.1) is 10.2 Å². The highest BCUT2D eigenvalue weighted by Gasteiger charge is 2.57. The maximum atomic E-state index is 15.5. The summed E-state index contributed by atoms with van der Waals surface area (Å²) in [5, 5.41) is 6.82. The van der Waals surface area contributed by atoms with E-state index >= 15 is 4.39 Å². The quantitative estimate of drug-likeness (QED) is 0.658. The van der Waals surface area contributed by atoms with Crippen LogP contribution in [0.3, 0.4) is 0 Å². The molecule has 0 spiro atoms. The van der Waals surface area contributed by atoms with Crippen molar-refractivity contribution in [1.29, 1.82) is 0 Å². The third kappa shape index (κ3) is 2.82. The summed E-state index contributed by atoms with van der Waals surface area (Å²) in [4.78, 5) is 14.3. The maximum absolute atomic E-state index is 15.5. The Morgan fingerprint density at radius 1 is 1.10 bits per heavy atom. The molecule has 0 fully saturated rings. The third-order valence-electron chi connectivity index (χ3n) is 5.48. The Labute approximate surface area is 165 Å². The van der Waals surface area contributed by atoms with Gasteiger partial charge in [0.15, 0.2) is 0 Å². The zero-order chi connectivity index (χ0) is 21.0. The first-order chi connectivity index (χ1) is 13.6. The highest BCUT2D eigenvalue weighted by Crippen LogP contribution is 2.48. The Hall–Kier alpha value is -3.16. The number of carbonyl (C=O) groups is 1. The number of benzene rings is 2. The molecule has 150 valence electrons. The lowest BCUT2D eigenvalue weighted by molar-refractivity contribution is -0.149. The van der Waals surface area contributed by atoms with Crippen molar-refractivity contribution in [3.63, 3.8) is 0 Å². The molecule has 1 atom stereocenters. The molecule has 5 nitrogen and oxygen atoms in total. The van der Waals surface area contributed by atoms with E-state index in [0.29, 0.717) is 17.8 Å². The zero-order valence-electron chi connectivity index (χ0n) is 16.2. The highest BCUT2D eigenvalue weighted by molar-refractivity contribution is 6.10. The number of aryl methyl sites for hydroxylation is 2. The standard InChI is InChI=1S/C21H19F3N4O/c1-13-6-4-9-16-17(13)11-28(18(16)29)15-8-5-7-14(10-15)20(2,22)21(23,24)19-26-25-12-27(19)3/h4-10,12H,11H2,1-3H3/t20-/m0/s1. The second kappa shape index (κ2) is 6.43. The van der Waals surface area contributed by atoms with Crippen LogP contribution in [-0.2, 0) is 25.2 Å². The van der Waals surface area contributed by atoms with Gasteiger partial charge in [-0.3, -0.25) is 4.79 Å². The van der Waals surface area contributed by atoms with E-state index in [0.717, 1.165) is 28.9 Å². The number of alkyl halides is 3. The molecule has 1 aromatic heterocycles. The van der Waals surface area contributed by atoms with Crippen LogP contribution in [0.2, 0.25) is 0 Å². The minimum atomic E-state index is -3.93. The van der Waals surface area contributed by atoms with Crippen molar-refractivity contribution in [2.75, 3.05) is 4.90 Å². The van der Waals surface area contributed by atoms with Crippen molar-refractivity contribution in [2.45, 2.75) is 32.0 Å². The van der Waals surface area contributed by atoms with E-state index in [1.807, 2.05) is 13.0 Å². The van der Waals surface area contributed by atoms with Crippen LogP contribution in [0, 0.1) is 6.92 Å². The molecule has 0 aliphatic carbocycles. The van der Waals surface area contributed by atoms with Gasteiger partial charge in [0.05, 0.1) is 6.54 Å². The lowest BCUT2D eigenvalue weighted by Gasteiger charge is -2.30. The Balaban J connectivity index is 1.72. The molecule has 0 saturated heterocycles. The number of aromatic nitrogens is 3. The summed E-state index contributed by atoms with van der Waals surface area (Å²) in [5.74, 6) is -4.93. The minimum Gasteiger partial charge on any atom is -0.316 e. The number of hydrogen-bond donors (Lipinski definition) is 0. The number of halogens is 3. The highest BCUT2D eigenvalue weighted by atomic mass is 19.3. The zero-order valence-corrected chi connectivity index (χ0v) is 16.2. The van der Waals surface area contributed by atoms with Gasteiger partial charge in [-0.25, -0.2) is 4.39 Å². The van der Waals surface area contributed by atoms with Crippen LogP contribution in [0.5, 0.6) is 0 Å². The number of nitrogens with zero attached hydrogens (tertiary/aromatic N) is 4. The van der Waals surface area contributed by atoms with E-state index in [1.54, 1.807) is 18.2 Å². The summed E-state index contributed by atoms with van der Waals surface area (Å²) in [7, 11) is 1.33. The topological polar surface area (TPSA) is 51.0 Å². The molecule has 3 aromatic rings. The van der Waals surface area contributed by atoms with Crippen LogP contribution in [0.1, 0.15) is 39.8 Å². The minimum absolute atomic E-state index is 0.235. The number of amides is 1. The molecule has 2 heterocycles. The van der Waals surface area contributed by atoms with Gasteiger partial charge in [0.2, 0.25) is 11.5 Å². The Kier molecular flexibility index (Phi) is 4.25. The number of carbonyl (C=O) groups excluding carboxylic acids is 1. The molecule has 1 amide bonds. The predicted molar refractivity (Wildman–Crippen MR) is 101 cm³/mol. The number of fused-ring (bicyclic) bond motifs is 1. The summed E-state index contributed by atoms with van der Waals surface area (Å²) in [5.41, 5.74) is -0.518. The molecule has 0 unspecified atom stereocenters. The Morgan fingerprint density at radius 2 is 1.83 bits per heavy atom. The van der Waals surface area contributed by atoms with E-state index < -0.39 is 17.4 Å². The van der Waals surface area contributed by atoms with Crippen LogP contribution in [0.4, 0.5) is 18.9 Å². The molecule has 0 N–H and O–H groups in total. The number of anilines is 1. The molecule has 1 aliphatic rings. The van der Waals surface area contributed by atoms with Crippen molar-refractivity contribution < 1.29 is 18.0 Å². The molecule has 8 heteroatoms. The largest absolute Gasteiger partial charge is 0.343 e. The molecular weight excluding hydrogens is 381 g/mol. The van der Waals surface area contributed by atoms with Crippen molar-refractivity contribution in [1.82, 2.24) is 14.8 Å². The van der Waals surface area contributed by atoms with Gasteiger partial charge in [-0.1, -0.05) is 24.3 Å². The van der Waals surface area contributed by atoms with Gasteiger partial charge in [-0.05, 0) is 48.7 Å². The second-order valence-electron chi connectivity index (χ2n) is 7.39. The second-order valence-corrected chi connectivity index (χ2v) is 7.39. The Bertz CT molecular complexity index is 1110. The van der Waals surface area contributed by atoms with Gasteiger partial charge in [0.25, 0.3) is 5.91 Å². The lowest BCUT2D eigenvalue weighted by Crippen LogP contribution is -2.39. The van der Waals surface area contributed by atoms with E-state index in [9.17, 15) is 13.6 Å². The average Bonchev–Trinajstić information content (AvgIpc) is 3.27. The van der Waals surface area contributed by atoms with Crippen LogP contribution in [-0.4, -0.2) is 20.7 Å². The molecule has 0 bridgehead atoms. The summed E-state index contributed by atoms with van der Waals surface area (Å²) in [6.07, 6.45) is 1.10. The molecule has 0 radical (unpaired) electrons. The van der Waals surface area contributed by atoms with Crippen LogP contribution in [0.15, 0.2) is 48.8 Å². The van der Waals surface area contributed by atoms with Crippen molar-refractivity contribution in [3.05, 3.63) is 76.9 Å². The molecular formula is C21H19F3N4O. The summed E-state index contributed by atoms with van der Waals surface area (Å²) in [6, 6.07) is 11.1. The van der Waals surface area contributed by atoms with Gasteiger partial charge in [0.1, 0.15) is 6.33 Å². The SMILES string of the molecule is Cc1cccc2c1CN(c1cccc([C@](C)(F)C(F)(F)c3nncn3C)c1)C2=O. The van der Waals surface area contributed by atoms with Crippen molar-refractivity contribution in [3.8, 4) is 0 Å². The van der Waals surface area contributed by atoms with E-state index in [-0.39, 0.29) is 11.5 Å². The molecule has 4 rings (SSSR count).